The van der Waals surface area contributed by atoms with Crippen LogP contribution >= 0.6 is 22.7 Å². The smallest absolute Gasteiger partial charge is 0.0555 e. The zero-order valence-electron chi connectivity index (χ0n) is 29.8. The van der Waals surface area contributed by atoms with Crippen molar-refractivity contribution in [1.29, 1.82) is 0 Å². The summed E-state index contributed by atoms with van der Waals surface area (Å²) in [4.78, 5) is 2.49. The van der Waals surface area contributed by atoms with Crippen LogP contribution in [-0.2, 0) is 0 Å². The van der Waals surface area contributed by atoms with Gasteiger partial charge in [0.15, 0.2) is 0 Å². The van der Waals surface area contributed by atoms with Gasteiger partial charge in [-0.05, 0) is 93.2 Å². The Hall–Kier alpha value is -6.52. The highest BCUT2D eigenvalue weighted by atomic mass is 32.1. The van der Waals surface area contributed by atoms with Crippen molar-refractivity contribution in [3.8, 4) is 33.4 Å². The fourth-order valence-electron chi connectivity index (χ4n) is 8.38. The normalized spacial score (nSPS) is 11.6. The van der Waals surface area contributed by atoms with Crippen molar-refractivity contribution in [2.45, 2.75) is 0 Å². The first-order valence-corrected chi connectivity index (χ1v) is 20.3. The van der Waals surface area contributed by atoms with Crippen molar-refractivity contribution < 1.29 is 0 Å². The lowest BCUT2D eigenvalue weighted by Gasteiger charge is -2.29. The van der Waals surface area contributed by atoms with Gasteiger partial charge in [0.05, 0.1) is 11.4 Å². The average Bonchev–Trinajstić information content (AvgIpc) is 3.83. The van der Waals surface area contributed by atoms with Crippen molar-refractivity contribution in [3.63, 3.8) is 0 Å². The Morgan fingerprint density at radius 3 is 1.58 bits per heavy atom. The number of rotatable bonds is 6. The van der Waals surface area contributed by atoms with E-state index >= 15 is 0 Å². The molecule has 0 amide bonds. The molecule has 11 rings (SSSR count). The predicted molar refractivity (Wildman–Crippen MR) is 241 cm³/mol. The lowest BCUT2D eigenvalue weighted by molar-refractivity contribution is 1.30. The lowest BCUT2D eigenvalue weighted by atomic mass is 9.93. The van der Waals surface area contributed by atoms with E-state index in [1.807, 2.05) is 22.7 Å². The molecule has 2 aromatic heterocycles. The first-order chi connectivity index (χ1) is 27.3. The molecule has 258 valence electrons. The summed E-state index contributed by atoms with van der Waals surface area (Å²) >= 11 is 3.73. The molecule has 0 bridgehead atoms. The van der Waals surface area contributed by atoms with E-state index in [4.69, 9.17) is 0 Å². The maximum absolute atomic E-state index is 2.49. The number of anilines is 3. The fraction of sp³-hybridized carbons (Fsp3) is 0. The standard InChI is InChI=1S/C52H33NS2/c1-2-14-36-33-37(28-27-34(36)13-1)40-16-4-3-15-39(40)35-29-31-38(32-30-35)53(46-22-12-26-50-52(46)44-19-7-10-24-48(44)55-50)45-21-8-5-17-41(45)42-20-11-25-49-51(42)43-18-6-9-23-47(43)54-49/h1-33H. The summed E-state index contributed by atoms with van der Waals surface area (Å²) in [5, 5.41) is 7.69. The van der Waals surface area contributed by atoms with Crippen LogP contribution in [0.2, 0.25) is 0 Å². The van der Waals surface area contributed by atoms with E-state index < -0.39 is 0 Å². The highest BCUT2D eigenvalue weighted by Gasteiger charge is 2.23. The van der Waals surface area contributed by atoms with E-state index in [0.29, 0.717) is 0 Å². The number of fused-ring (bicyclic) bond motifs is 7. The van der Waals surface area contributed by atoms with E-state index in [1.165, 1.54) is 90.2 Å². The molecule has 0 N–H and O–H groups in total. The summed E-state index contributed by atoms with van der Waals surface area (Å²) in [6.07, 6.45) is 0. The van der Waals surface area contributed by atoms with Crippen molar-refractivity contribution >= 4 is 90.9 Å². The fourth-order valence-corrected chi connectivity index (χ4v) is 10.6. The Bertz CT molecular complexity index is 3220. The van der Waals surface area contributed by atoms with Crippen molar-refractivity contribution in [1.82, 2.24) is 0 Å². The van der Waals surface area contributed by atoms with Crippen LogP contribution in [0.25, 0.3) is 84.5 Å². The Balaban J connectivity index is 1.12. The first-order valence-electron chi connectivity index (χ1n) is 18.7. The largest absolute Gasteiger partial charge is 0.309 e. The third-order valence-electron chi connectivity index (χ3n) is 10.9. The van der Waals surface area contributed by atoms with Crippen LogP contribution < -0.4 is 4.90 Å². The highest BCUT2D eigenvalue weighted by molar-refractivity contribution is 7.26. The lowest BCUT2D eigenvalue weighted by Crippen LogP contribution is -2.11. The van der Waals surface area contributed by atoms with Crippen molar-refractivity contribution in [3.05, 3.63) is 200 Å². The molecule has 0 spiro atoms. The highest BCUT2D eigenvalue weighted by Crippen LogP contribution is 2.49. The molecule has 0 aliphatic carbocycles. The zero-order valence-corrected chi connectivity index (χ0v) is 31.4. The van der Waals surface area contributed by atoms with Gasteiger partial charge in [-0.2, -0.15) is 0 Å². The Morgan fingerprint density at radius 1 is 0.309 bits per heavy atom. The van der Waals surface area contributed by atoms with E-state index in [-0.39, 0.29) is 0 Å². The minimum Gasteiger partial charge on any atom is -0.309 e. The molecule has 0 radical (unpaired) electrons. The summed E-state index contributed by atoms with van der Waals surface area (Å²) in [5.74, 6) is 0. The topological polar surface area (TPSA) is 3.24 Å². The molecule has 0 fully saturated rings. The van der Waals surface area contributed by atoms with Crippen molar-refractivity contribution in [2.75, 3.05) is 4.90 Å². The number of para-hydroxylation sites is 1. The second-order valence-electron chi connectivity index (χ2n) is 14.0. The molecule has 0 atom stereocenters. The summed E-state index contributed by atoms with van der Waals surface area (Å²) in [6, 6.07) is 73.5. The van der Waals surface area contributed by atoms with Gasteiger partial charge in [-0.15, -0.1) is 22.7 Å². The quantitative estimate of drug-likeness (QED) is 0.164. The van der Waals surface area contributed by atoms with Crippen LogP contribution in [0.1, 0.15) is 0 Å². The molecule has 11 aromatic rings. The minimum absolute atomic E-state index is 1.12. The molecular formula is C52H33NS2. The van der Waals surface area contributed by atoms with Crippen LogP contribution in [0.3, 0.4) is 0 Å². The predicted octanol–water partition coefficient (Wildman–Crippen LogP) is 16.0. The summed E-state index contributed by atoms with van der Waals surface area (Å²) in [6.45, 7) is 0. The van der Waals surface area contributed by atoms with Gasteiger partial charge >= 0.3 is 0 Å². The Morgan fingerprint density at radius 2 is 0.818 bits per heavy atom. The third-order valence-corrected chi connectivity index (χ3v) is 13.2. The Labute approximate surface area is 327 Å². The van der Waals surface area contributed by atoms with Crippen molar-refractivity contribution in [2.24, 2.45) is 0 Å². The van der Waals surface area contributed by atoms with Crippen LogP contribution in [0, 0.1) is 0 Å². The van der Waals surface area contributed by atoms with Crippen LogP contribution in [0.5, 0.6) is 0 Å². The van der Waals surface area contributed by atoms with Gasteiger partial charge < -0.3 is 4.90 Å². The number of hydrogen-bond donors (Lipinski definition) is 0. The molecule has 3 heteroatoms. The number of benzene rings is 9. The van der Waals surface area contributed by atoms with Gasteiger partial charge in [0.2, 0.25) is 0 Å². The van der Waals surface area contributed by atoms with Gasteiger partial charge in [0.25, 0.3) is 0 Å². The molecule has 9 aromatic carbocycles. The summed E-state index contributed by atoms with van der Waals surface area (Å²) < 4.78 is 5.20. The molecular weight excluding hydrogens is 703 g/mol. The van der Waals surface area contributed by atoms with Gasteiger partial charge in [-0.25, -0.2) is 0 Å². The SMILES string of the molecule is c1ccc(-c2ccc3ccccc3c2)c(-c2ccc(N(c3ccccc3-c3cccc4sc5ccccc5c34)c3cccc4sc5ccccc5c34)cc2)c1. The van der Waals surface area contributed by atoms with Gasteiger partial charge in [-0.3, -0.25) is 0 Å². The molecule has 0 saturated heterocycles. The zero-order chi connectivity index (χ0) is 36.3. The van der Waals surface area contributed by atoms with Gasteiger partial charge in [0.1, 0.15) is 0 Å². The monoisotopic (exact) mass is 735 g/mol. The van der Waals surface area contributed by atoms with Gasteiger partial charge in [0, 0.05) is 51.6 Å². The van der Waals surface area contributed by atoms with Crippen LogP contribution in [-0.4, -0.2) is 0 Å². The third kappa shape index (κ3) is 5.35. The Kier molecular flexibility index (Phi) is 7.61. The maximum atomic E-state index is 2.49. The van der Waals surface area contributed by atoms with E-state index in [1.54, 1.807) is 0 Å². The minimum atomic E-state index is 1.12. The molecule has 1 nitrogen and oxygen atoms in total. The molecule has 0 saturated carbocycles. The molecule has 55 heavy (non-hydrogen) atoms. The van der Waals surface area contributed by atoms with E-state index in [9.17, 15) is 0 Å². The first kappa shape index (κ1) is 32.0. The second-order valence-corrected chi connectivity index (χ2v) is 16.2. The molecule has 0 aliphatic rings. The van der Waals surface area contributed by atoms with Crippen LogP contribution in [0.4, 0.5) is 17.1 Å². The second kappa shape index (κ2) is 13.1. The number of hydrogen-bond acceptors (Lipinski definition) is 3. The number of thiophene rings is 2. The van der Waals surface area contributed by atoms with E-state index in [2.05, 4.69) is 205 Å². The summed E-state index contributed by atoms with van der Waals surface area (Å²) in [5.41, 5.74) is 10.8. The average molecular weight is 736 g/mol. The number of nitrogens with zero attached hydrogens (tertiary/aromatic N) is 1. The molecule has 0 unspecified atom stereocenters. The maximum Gasteiger partial charge on any atom is 0.0555 e. The molecule has 0 aliphatic heterocycles. The van der Waals surface area contributed by atoms with Crippen LogP contribution in [0.15, 0.2) is 200 Å². The van der Waals surface area contributed by atoms with Gasteiger partial charge in [-0.1, -0.05) is 146 Å². The summed E-state index contributed by atoms with van der Waals surface area (Å²) in [7, 11) is 0. The van der Waals surface area contributed by atoms with E-state index in [0.717, 1.165) is 11.4 Å². The molecule has 2 heterocycles.